The second kappa shape index (κ2) is 6.54. The van der Waals surface area contributed by atoms with Crippen molar-refractivity contribution in [3.05, 3.63) is 83.2 Å². The first-order valence-electron chi connectivity index (χ1n) is 6.90. The molecule has 0 saturated carbocycles. The van der Waals surface area contributed by atoms with Crippen LogP contribution in [-0.2, 0) is 13.0 Å². The zero-order valence-corrected chi connectivity index (χ0v) is 12.6. The van der Waals surface area contributed by atoms with E-state index in [0.29, 0.717) is 17.3 Å². The summed E-state index contributed by atoms with van der Waals surface area (Å²) in [5, 5.41) is 0.711. The highest BCUT2D eigenvalue weighted by Gasteiger charge is 2.10. The maximum atomic E-state index is 12.1. The second-order valence-electron chi connectivity index (χ2n) is 4.98. The first-order valence-corrected chi connectivity index (χ1v) is 7.28. The van der Waals surface area contributed by atoms with Crippen LogP contribution >= 0.6 is 11.6 Å². The molecule has 0 atom stereocenters. The van der Waals surface area contributed by atoms with Gasteiger partial charge >= 0.3 is 0 Å². The maximum Gasteiger partial charge on any atom is 0.187 e. The van der Waals surface area contributed by atoms with Crippen LogP contribution in [0.15, 0.2) is 61.2 Å². The Hall–Kier alpha value is -2.46. The van der Waals surface area contributed by atoms with Gasteiger partial charge in [0.2, 0.25) is 0 Å². The lowest BCUT2D eigenvalue weighted by Crippen LogP contribution is -2.05. The number of benzene rings is 1. The van der Waals surface area contributed by atoms with Gasteiger partial charge in [-0.3, -0.25) is 9.78 Å². The fourth-order valence-electron chi connectivity index (χ4n) is 2.21. The van der Waals surface area contributed by atoms with Gasteiger partial charge in [0, 0.05) is 24.0 Å². The van der Waals surface area contributed by atoms with E-state index in [4.69, 9.17) is 11.6 Å². The average molecular weight is 312 g/mol. The predicted octanol–water partition coefficient (Wildman–Crippen LogP) is 3.41. The molecule has 110 valence electrons. The third-order valence-corrected chi connectivity index (χ3v) is 3.47. The van der Waals surface area contributed by atoms with Crippen LogP contribution < -0.4 is 0 Å². The van der Waals surface area contributed by atoms with Gasteiger partial charge < -0.3 is 4.57 Å². The monoisotopic (exact) mass is 311 g/mol. The van der Waals surface area contributed by atoms with Crippen molar-refractivity contribution in [2.24, 2.45) is 0 Å². The smallest absolute Gasteiger partial charge is 0.187 e. The summed E-state index contributed by atoms with van der Waals surface area (Å²) in [6.45, 7) is 0.672. The summed E-state index contributed by atoms with van der Waals surface area (Å²) in [7, 11) is 0. The van der Waals surface area contributed by atoms with E-state index in [1.807, 2.05) is 35.0 Å². The number of nitrogens with zero attached hydrogens (tertiary/aromatic N) is 3. The number of pyridine rings is 1. The molecule has 0 aliphatic carbocycles. The molecule has 3 aromatic rings. The lowest BCUT2D eigenvalue weighted by atomic mass is 10.1. The summed E-state index contributed by atoms with van der Waals surface area (Å²) in [5.74, 6) is -0.0337. The largest absolute Gasteiger partial charge is 0.333 e. The van der Waals surface area contributed by atoms with Crippen molar-refractivity contribution >= 4 is 17.4 Å². The van der Waals surface area contributed by atoms with Crippen molar-refractivity contribution in [1.29, 1.82) is 0 Å². The average Bonchev–Trinajstić information content (AvgIpc) is 2.95. The van der Waals surface area contributed by atoms with Gasteiger partial charge in [0.15, 0.2) is 5.78 Å². The van der Waals surface area contributed by atoms with Crippen molar-refractivity contribution in [3.8, 4) is 0 Å². The molecule has 0 radical (unpaired) electrons. The molecule has 0 saturated heterocycles. The van der Waals surface area contributed by atoms with E-state index in [0.717, 1.165) is 11.3 Å². The van der Waals surface area contributed by atoms with Gasteiger partial charge in [-0.15, -0.1) is 0 Å². The number of ketones is 1. The van der Waals surface area contributed by atoms with Crippen molar-refractivity contribution < 1.29 is 4.79 Å². The van der Waals surface area contributed by atoms with Gasteiger partial charge in [-0.2, -0.15) is 0 Å². The summed E-state index contributed by atoms with van der Waals surface area (Å²) < 4.78 is 1.94. The zero-order valence-electron chi connectivity index (χ0n) is 11.8. The fourth-order valence-corrected chi connectivity index (χ4v) is 2.43. The fraction of sp³-hybridized carbons (Fsp3) is 0.118. The third kappa shape index (κ3) is 3.59. The first-order chi connectivity index (χ1) is 10.7. The lowest BCUT2D eigenvalue weighted by molar-refractivity contribution is 0.0987. The third-order valence-electron chi connectivity index (χ3n) is 3.23. The Labute approximate surface area is 133 Å². The van der Waals surface area contributed by atoms with Crippen LogP contribution in [0.25, 0.3) is 0 Å². The minimum absolute atomic E-state index is 0.0337. The topological polar surface area (TPSA) is 47.8 Å². The Morgan fingerprint density at radius 1 is 1.14 bits per heavy atom. The molecular formula is C17H14ClN3O. The molecule has 0 unspecified atom stereocenters. The normalized spacial score (nSPS) is 10.6. The van der Waals surface area contributed by atoms with Crippen LogP contribution in [0.5, 0.6) is 0 Å². The number of aromatic nitrogens is 3. The first kappa shape index (κ1) is 14.5. The highest BCUT2D eigenvalue weighted by atomic mass is 35.5. The summed E-state index contributed by atoms with van der Waals surface area (Å²) in [6.07, 6.45) is 5.47. The second-order valence-corrected chi connectivity index (χ2v) is 5.42. The van der Waals surface area contributed by atoms with E-state index in [1.165, 1.54) is 0 Å². The van der Waals surface area contributed by atoms with Gasteiger partial charge in [0.1, 0.15) is 5.69 Å². The minimum atomic E-state index is -0.0337. The van der Waals surface area contributed by atoms with Gasteiger partial charge in [0.25, 0.3) is 0 Å². The van der Waals surface area contributed by atoms with Crippen LogP contribution in [0.2, 0.25) is 5.02 Å². The molecular weight excluding hydrogens is 298 g/mol. The van der Waals surface area contributed by atoms with Crippen LogP contribution in [0.3, 0.4) is 0 Å². The highest BCUT2D eigenvalue weighted by Crippen LogP contribution is 2.12. The molecule has 5 heteroatoms. The molecule has 22 heavy (non-hydrogen) atoms. The van der Waals surface area contributed by atoms with E-state index in [9.17, 15) is 4.79 Å². The Morgan fingerprint density at radius 3 is 2.82 bits per heavy atom. The van der Waals surface area contributed by atoms with E-state index < -0.39 is 0 Å². The molecule has 0 N–H and O–H groups in total. The maximum absolute atomic E-state index is 12.1. The van der Waals surface area contributed by atoms with Crippen LogP contribution in [0.1, 0.15) is 21.7 Å². The summed E-state index contributed by atoms with van der Waals surface area (Å²) in [5.41, 5.74) is 2.29. The highest BCUT2D eigenvalue weighted by molar-refractivity contribution is 6.30. The van der Waals surface area contributed by atoms with Gasteiger partial charge in [-0.05, 0) is 29.8 Å². The van der Waals surface area contributed by atoms with Gasteiger partial charge in [-0.25, -0.2) is 4.98 Å². The van der Waals surface area contributed by atoms with Crippen molar-refractivity contribution in [1.82, 2.24) is 14.5 Å². The molecule has 3 rings (SSSR count). The standard InChI is InChI=1S/C17H14ClN3O/c18-14-5-3-4-13(8-14)10-21-11-15(20-12-21)9-17(22)16-6-1-2-7-19-16/h1-8,11-12H,9-10H2. The number of carbonyl (C=O) groups excluding carboxylic acids is 1. The van der Waals surface area contributed by atoms with E-state index in [1.54, 1.807) is 30.7 Å². The molecule has 2 aromatic heterocycles. The molecule has 0 bridgehead atoms. The molecule has 2 heterocycles. The Balaban J connectivity index is 1.68. The Bertz CT molecular complexity index is 783. The molecule has 0 aliphatic rings. The van der Waals surface area contributed by atoms with E-state index in [-0.39, 0.29) is 12.2 Å². The molecule has 0 amide bonds. The number of hydrogen-bond donors (Lipinski definition) is 0. The van der Waals surface area contributed by atoms with Crippen LogP contribution in [0, 0.1) is 0 Å². The molecule has 4 nitrogen and oxygen atoms in total. The number of rotatable bonds is 5. The quantitative estimate of drug-likeness (QED) is 0.678. The van der Waals surface area contributed by atoms with Crippen molar-refractivity contribution in [2.75, 3.05) is 0 Å². The lowest BCUT2D eigenvalue weighted by Gasteiger charge is -2.02. The minimum Gasteiger partial charge on any atom is -0.333 e. The molecule has 0 fully saturated rings. The number of carbonyl (C=O) groups is 1. The number of hydrogen-bond acceptors (Lipinski definition) is 3. The molecule has 0 spiro atoms. The molecule has 0 aliphatic heterocycles. The van der Waals surface area contributed by atoms with Gasteiger partial charge in [0.05, 0.1) is 18.4 Å². The zero-order chi connectivity index (χ0) is 15.4. The SMILES string of the molecule is O=C(Cc1cn(Cc2cccc(Cl)c2)cn1)c1ccccn1. The van der Waals surface area contributed by atoms with Crippen molar-refractivity contribution in [2.45, 2.75) is 13.0 Å². The Morgan fingerprint density at radius 2 is 2.05 bits per heavy atom. The summed E-state index contributed by atoms with van der Waals surface area (Å²) in [4.78, 5) is 20.4. The van der Waals surface area contributed by atoms with Crippen LogP contribution in [-0.4, -0.2) is 20.3 Å². The molecule has 1 aromatic carbocycles. The van der Waals surface area contributed by atoms with E-state index >= 15 is 0 Å². The summed E-state index contributed by atoms with van der Waals surface area (Å²) >= 11 is 5.98. The Kier molecular flexibility index (Phi) is 4.30. The number of imidazole rings is 1. The summed E-state index contributed by atoms with van der Waals surface area (Å²) in [6, 6.07) is 13.0. The van der Waals surface area contributed by atoms with Crippen molar-refractivity contribution in [3.63, 3.8) is 0 Å². The number of halogens is 1. The number of Topliss-reactive ketones (excluding diaryl/α,β-unsaturated/α-hetero) is 1. The van der Waals surface area contributed by atoms with Crippen LogP contribution in [0.4, 0.5) is 0 Å². The predicted molar refractivity (Wildman–Crippen MR) is 85.1 cm³/mol. The van der Waals surface area contributed by atoms with Gasteiger partial charge in [-0.1, -0.05) is 29.8 Å². The van der Waals surface area contributed by atoms with E-state index in [2.05, 4.69) is 9.97 Å².